The van der Waals surface area contributed by atoms with Crippen LogP contribution in [0, 0.1) is 13.8 Å². The standard InChI is InChI=1S/C20H28N6O2.C2HF3O2/c1-12-13(2)22-20(25-17(12)26(3)4)24-15-9-7-14(8-10-15)23-19(28)16-6-5-11-21-18(16)27;3-2(4,5)1(6)7/h5-6,11,14-15H,7-10H2,1-4H3,(H,21,27)(H,23,28)(H,22,24,25);(H,6,7)/t14-,15+;. The molecule has 0 unspecified atom stereocenters. The molecule has 2 aromatic rings. The zero-order valence-corrected chi connectivity index (χ0v) is 19.8. The predicted octanol–water partition coefficient (Wildman–Crippen LogP) is 3.05. The van der Waals surface area contributed by atoms with Gasteiger partial charge >= 0.3 is 12.1 Å². The van der Waals surface area contributed by atoms with Crippen molar-refractivity contribution >= 4 is 23.6 Å². The number of halogens is 3. The molecule has 0 aromatic carbocycles. The second-order valence-corrected chi connectivity index (χ2v) is 8.32. The largest absolute Gasteiger partial charge is 0.493 e. The highest BCUT2D eigenvalue weighted by Crippen LogP contribution is 2.24. The zero-order chi connectivity index (χ0) is 26.3. The number of carbonyl (C=O) groups is 2. The molecule has 1 aliphatic rings. The third kappa shape index (κ3) is 7.97. The monoisotopic (exact) mass is 498 g/mol. The van der Waals surface area contributed by atoms with E-state index in [2.05, 4.69) is 25.6 Å². The number of pyridine rings is 1. The Labute approximate surface area is 200 Å². The number of aromatic hydroxyl groups is 1. The number of aliphatic carboxylic acids is 1. The van der Waals surface area contributed by atoms with Crippen LogP contribution < -0.4 is 15.5 Å². The van der Waals surface area contributed by atoms with E-state index in [1.165, 1.54) is 6.20 Å². The molecule has 35 heavy (non-hydrogen) atoms. The number of alkyl halides is 3. The first-order valence-electron chi connectivity index (χ1n) is 10.8. The lowest BCUT2D eigenvalue weighted by Gasteiger charge is -2.30. The summed E-state index contributed by atoms with van der Waals surface area (Å²) in [5, 5.41) is 23.3. The van der Waals surface area contributed by atoms with Crippen molar-refractivity contribution in [3.8, 4) is 5.88 Å². The van der Waals surface area contributed by atoms with Crippen LogP contribution in [0.1, 0.15) is 47.3 Å². The van der Waals surface area contributed by atoms with Gasteiger partial charge in [-0.25, -0.2) is 14.8 Å². The van der Waals surface area contributed by atoms with Crippen LogP contribution >= 0.6 is 0 Å². The molecule has 192 valence electrons. The van der Waals surface area contributed by atoms with E-state index in [0.29, 0.717) is 5.95 Å². The average molecular weight is 499 g/mol. The molecule has 10 nitrogen and oxygen atoms in total. The summed E-state index contributed by atoms with van der Waals surface area (Å²) in [4.78, 5) is 36.2. The van der Waals surface area contributed by atoms with Crippen molar-refractivity contribution in [2.45, 2.75) is 57.8 Å². The number of hydrogen-bond acceptors (Lipinski definition) is 8. The number of carboxylic acids is 1. The summed E-state index contributed by atoms with van der Waals surface area (Å²) in [7, 11) is 3.96. The van der Waals surface area contributed by atoms with Gasteiger partial charge in [0.05, 0.1) is 0 Å². The minimum Gasteiger partial charge on any atom is -0.493 e. The van der Waals surface area contributed by atoms with Crippen LogP contribution in [0.15, 0.2) is 18.3 Å². The van der Waals surface area contributed by atoms with Crippen LogP contribution in [-0.4, -0.2) is 69.4 Å². The Hall–Kier alpha value is -3.64. The van der Waals surface area contributed by atoms with Gasteiger partial charge in [0.25, 0.3) is 5.91 Å². The van der Waals surface area contributed by atoms with Crippen molar-refractivity contribution < 1.29 is 33.0 Å². The fraction of sp³-hybridized carbons (Fsp3) is 0.500. The first-order chi connectivity index (χ1) is 16.3. The molecule has 0 spiro atoms. The van der Waals surface area contributed by atoms with Crippen molar-refractivity contribution in [3.63, 3.8) is 0 Å². The lowest BCUT2D eigenvalue weighted by molar-refractivity contribution is -0.192. The van der Waals surface area contributed by atoms with Gasteiger partial charge < -0.3 is 25.7 Å². The minimum absolute atomic E-state index is 0.0863. The van der Waals surface area contributed by atoms with Crippen LogP contribution in [0.25, 0.3) is 0 Å². The maximum Gasteiger partial charge on any atom is 0.490 e. The number of aryl methyl sites for hydroxylation is 1. The van der Waals surface area contributed by atoms with E-state index in [9.17, 15) is 23.1 Å². The predicted molar refractivity (Wildman–Crippen MR) is 123 cm³/mol. The van der Waals surface area contributed by atoms with Gasteiger partial charge in [-0.05, 0) is 51.7 Å². The third-order valence-corrected chi connectivity index (χ3v) is 5.46. The molecular weight excluding hydrogens is 469 g/mol. The highest BCUT2D eigenvalue weighted by molar-refractivity contribution is 5.96. The highest BCUT2D eigenvalue weighted by Gasteiger charge is 2.38. The first kappa shape index (κ1) is 27.6. The molecule has 1 amide bonds. The molecule has 13 heteroatoms. The SMILES string of the molecule is Cc1nc(N[C@H]2CC[C@@H](NC(=O)c3cccnc3O)CC2)nc(N(C)C)c1C.O=C(O)C(F)(F)F. The molecule has 1 fully saturated rings. The Morgan fingerprint density at radius 2 is 1.66 bits per heavy atom. The lowest BCUT2D eigenvalue weighted by Crippen LogP contribution is -2.40. The zero-order valence-electron chi connectivity index (χ0n) is 19.8. The third-order valence-electron chi connectivity index (χ3n) is 5.46. The quantitative estimate of drug-likeness (QED) is 0.489. The van der Waals surface area contributed by atoms with Crippen molar-refractivity contribution in [1.82, 2.24) is 20.3 Å². The second kappa shape index (κ2) is 11.7. The van der Waals surface area contributed by atoms with Crippen LogP contribution in [0.2, 0.25) is 0 Å². The molecule has 1 aliphatic carbocycles. The van der Waals surface area contributed by atoms with E-state index in [0.717, 1.165) is 42.8 Å². The number of hydrogen-bond donors (Lipinski definition) is 4. The van der Waals surface area contributed by atoms with Crippen LogP contribution in [0.3, 0.4) is 0 Å². The summed E-state index contributed by atoms with van der Waals surface area (Å²) in [5.41, 5.74) is 2.27. The molecule has 4 N–H and O–H groups in total. The minimum atomic E-state index is -5.08. The Morgan fingerprint density at radius 1 is 1.09 bits per heavy atom. The van der Waals surface area contributed by atoms with Gasteiger partial charge in [-0.2, -0.15) is 18.2 Å². The summed E-state index contributed by atoms with van der Waals surface area (Å²) in [6.07, 6.45) is -0.0830. The lowest BCUT2D eigenvalue weighted by atomic mass is 9.91. The molecule has 0 saturated heterocycles. The van der Waals surface area contributed by atoms with Gasteiger partial charge in [0, 0.05) is 43.6 Å². The summed E-state index contributed by atoms with van der Waals surface area (Å²) in [5.74, 6) is -1.70. The number of aromatic nitrogens is 3. The highest BCUT2D eigenvalue weighted by atomic mass is 19.4. The number of anilines is 2. The number of rotatable bonds is 5. The van der Waals surface area contributed by atoms with Gasteiger partial charge in [-0.15, -0.1) is 0 Å². The van der Waals surface area contributed by atoms with E-state index in [1.54, 1.807) is 12.1 Å². The molecule has 0 aliphatic heterocycles. The number of carboxylic acid groups (broad SMARTS) is 1. The van der Waals surface area contributed by atoms with E-state index < -0.39 is 12.1 Å². The number of amides is 1. The van der Waals surface area contributed by atoms with E-state index in [4.69, 9.17) is 9.90 Å². The van der Waals surface area contributed by atoms with Gasteiger partial charge in [0.2, 0.25) is 11.8 Å². The summed E-state index contributed by atoms with van der Waals surface area (Å²) in [6, 6.07) is 3.57. The maximum atomic E-state index is 12.3. The van der Waals surface area contributed by atoms with Crippen molar-refractivity contribution in [2.24, 2.45) is 0 Å². The Balaban J connectivity index is 0.000000540. The molecule has 2 aromatic heterocycles. The molecule has 2 heterocycles. The smallest absolute Gasteiger partial charge is 0.490 e. The number of nitrogens with zero attached hydrogens (tertiary/aromatic N) is 4. The number of carbonyl (C=O) groups excluding carboxylic acids is 1. The molecule has 1 saturated carbocycles. The van der Waals surface area contributed by atoms with Crippen molar-refractivity contribution in [3.05, 3.63) is 35.2 Å². The van der Waals surface area contributed by atoms with E-state index in [1.807, 2.05) is 32.8 Å². The average Bonchev–Trinajstić information content (AvgIpc) is 2.77. The number of nitrogens with one attached hydrogen (secondary N) is 2. The van der Waals surface area contributed by atoms with E-state index in [-0.39, 0.29) is 29.4 Å². The van der Waals surface area contributed by atoms with Gasteiger partial charge in [-0.3, -0.25) is 4.79 Å². The Bertz CT molecular complexity index is 1040. The second-order valence-electron chi connectivity index (χ2n) is 8.32. The Kier molecular flexibility index (Phi) is 9.20. The fourth-order valence-electron chi connectivity index (χ4n) is 3.52. The molecule has 0 atom stereocenters. The maximum absolute atomic E-state index is 12.3. The van der Waals surface area contributed by atoms with Crippen LogP contribution in [0.4, 0.5) is 24.9 Å². The van der Waals surface area contributed by atoms with Gasteiger partial charge in [0.1, 0.15) is 11.4 Å². The molecule has 0 bridgehead atoms. The van der Waals surface area contributed by atoms with Crippen LogP contribution in [0.5, 0.6) is 5.88 Å². The normalized spacial score (nSPS) is 17.6. The molecule has 3 rings (SSSR count). The van der Waals surface area contributed by atoms with Gasteiger partial charge in [-0.1, -0.05) is 0 Å². The van der Waals surface area contributed by atoms with Crippen molar-refractivity contribution in [1.29, 1.82) is 0 Å². The van der Waals surface area contributed by atoms with Gasteiger partial charge in [0.15, 0.2) is 0 Å². The van der Waals surface area contributed by atoms with Crippen LogP contribution in [-0.2, 0) is 4.79 Å². The molecular formula is C22H29F3N6O4. The van der Waals surface area contributed by atoms with E-state index >= 15 is 0 Å². The summed E-state index contributed by atoms with van der Waals surface area (Å²) in [6.45, 7) is 4.03. The van der Waals surface area contributed by atoms with Crippen molar-refractivity contribution in [2.75, 3.05) is 24.3 Å². The Morgan fingerprint density at radius 3 is 2.17 bits per heavy atom. The summed E-state index contributed by atoms with van der Waals surface area (Å²) >= 11 is 0. The first-order valence-corrected chi connectivity index (χ1v) is 10.8. The summed E-state index contributed by atoms with van der Waals surface area (Å²) < 4.78 is 31.7. The fourth-order valence-corrected chi connectivity index (χ4v) is 3.52. The molecule has 0 radical (unpaired) electrons. The topological polar surface area (TPSA) is 141 Å².